The standard InChI is InChI=1S/C15H20N2O3/c1-11(2)17-9-8-16(10-14(17)18)15(19)12-4-6-13(20-3)7-5-12/h4-7,11H,8-10H2,1-3H3. The zero-order valence-corrected chi connectivity index (χ0v) is 12.1. The zero-order chi connectivity index (χ0) is 14.7. The summed E-state index contributed by atoms with van der Waals surface area (Å²) in [6, 6.07) is 7.13. The van der Waals surface area contributed by atoms with Gasteiger partial charge in [-0.1, -0.05) is 0 Å². The number of carbonyl (C=O) groups excluding carboxylic acids is 2. The Morgan fingerprint density at radius 2 is 1.85 bits per heavy atom. The fourth-order valence-corrected chi connectivity index (χ4v) is 2.32. The Kier molecular flexibility index (Phi) is 4.27. The molecule has 0 saturated carbocycles. The molecular formula is C15H20N2O3. The third-order valence-corrected chi connectivity index (χ3v) is 3.50. The quantitative estimate of drug-likeness (QED) is 0.838. The van der Waals surface area contributed by atoms with Crippen molar-refractivity contribution < 1.29 is 14.3 Å². The Bertz CT molecular complexity index is 496. The molecule has 20 heavy (non-hydrogen) atoms. The molecule has 1 aliphatic rings. The summed E-state index contributed by atoms with van der Waals surface area (Å²) < 4.78 is 5.07. The van der Waals surface area contributed by atoms with Crippen LogP contribution in [0.4, 0.5) is 0 Å². The lowest BCUT2D eigenvalue weighted by atomic mass is 10.1. The summed E-state index contributed by atoms with van der Waals surface area (Å²) >= 11 is 0. The topological polar surface area (TPSA) is 49.9 Å². The molecule has 5 heteroatoms. The molecule has 1 saturated heterocycles. The molecule has 1 aliphatic heterocycles. The van der Waals surface area contributed by atoms with Crippen LogP contribution in [0.5, 0.6) is 5.75 Å². The second-order valence-electron chi connectivity index (χ2n) is 5.14. The van der Waals surface area contributed by atoms with Crippen molar-refractivity contribution in [1.29, 1.82) is 0 Å². The first kappa shape index (κ1) is 14.4. The zero-order valence-electron chi connectivity index (χ0n) is 12.1. The first-order chi connectivity index (χ1) is 9.52. The van der Waals surface area contributed by atoms with Gasteiger partial charge in [0.05, 0.1) is 7.11 Å². The molecule has 2 amide bonds. The second-order valence-corrected chi connectivity index (χ2v) is 5.14. The van der Waals surface area contributed by atoms with Crippen LogP contribution >= 0.6 is 0 Å². The number of hydrogen-bond donors (Lipinski definition) is 0. The van der Waals surface area contributed by atoms with Gasteiger partial charge in [-0.05, 0) is 38.1 Å². The fraction of sp³-hybridized carbons (Fsp3) is 0.467. The van der Waals surface area contributed by atoms with E-state index in [9.17, 15) is 9.59 Å². The Morgan fingerprint density at radius 1 is 1.20 bits per heavy atom. The number of rotatable bonds is 3. The lowest BCUT2D eigenvalue weighted by Crippen LogP contribution is -2.54. The van der Waals surface area contributed by atoms with Crippen LogP contribution in [0.25, 0.3) is 0 Å². The minimum Gasteiger partial charge on any atom is -0.497 e. The van der Waals surface area contributed by atoms with Crippen molar-refractivity contribution in [3.8, 4) is 5.75 Å². The Balaban J connectivity index is 2.05. The number of methoxy groups -OCH3 is 1. The number of amides is 2. The summed E-state index contributed by atoms with van der Waals surface area (Å²) in [5.74, 6) is 0.611. The molecule has 0 aliphatic carbocycles. The van der Waals surface area contributed by atoms with E-state index in [4.69, 9.17) is 4.74 Å². The van der Waals surface area contributed by atoms with Gasteiger partial charge < -0.3 is 14.5 Å². The van der Waals surface area contributed by atoms with E-state index in [1.54, 1.807) is 41.2 Å². The highest BCUT2D eigenvalue weighted by Crippen LogP contribution is 2.15. The molecular weight excluding hydrogens is 256 g/mol. The van der Waals surface area contributed by atoms with Crippen molar-refractivity contribution in [2.45, 2.75) is 19.9 Å². The number of carbonyl (C=O) groups is 2. The van der Waals surface area contributed by atoms with E-state index in [2.05, 4.69) is 0 Å². The molecule has 1 heterocycles. The maximum absolute atomic E-state index is 12.3. The van der Waals surface area contributed by atoms with Crippen molar-refractivity contribution in [3.63, 3.8) is 0 Å². The van der Waals surface area contributed by atoms with E-state index in [0.717, 1.165) is 0 Å². The Hall–Kier alpha value is -2.04. The fourth-order valence-electron chi connectivity index (χ4n) is 2.32. The van der Waals surface area contributed by atoms with Crippen LogP contribution in [0.15, 0.2) is 24.3 Å². The maximum atomic E-state index is 12.3. The highest BCUT2D eigenvalue weighted by Gasteiger charge is 2.28. The van der Waals surface area contributed by atoms with E-state index in [1.807, 2.05) is 13.8 Å². The molecule has 0 bridgehead atoms. The van der Waals surface area contributed by atoms with Crippen LogP contribution in [0.1, 0.15) is 24.2 Å². The Morgan fingerprint density at radius 3 is 2.35 bits per heavy atom. The maximum Gasteiger partial charge on any atom is 0.254 e. The summed E-state index contributed by atoms with van der Waals surface area (Å²) in [5.41, 5.74) is 0.580. The second kappa shape index (κ2) is 5.94. The van der Waals surface area contributed by atoms with Crippen LogP contribution in [0.2, 0.25) is 0 Å². The average molecular weight is 276 g/mol. The van der Waals surface area contributed by atoms with Crippen LogP contribution < -0.4 is 4.74 Å². The van der Waals surface area contributed by atoms with Gasteiger partial charge in [0.2, 0.25) is 5.91 Å². The monoisotopic (exact) mass is 276 g/mol. The summed E-state index contributed by atoms with van der Waals surface area (Å²) in [6.45, 7) is 5.30. The molecule has 0 spiro atoms. The van der Waals surface area contributed by atoms with Gasteiger partial charge in [-0.2, -0.15) is 0 Å². The highest BCUT2D eigenvalue weighted by atomic mass is 16.5. The summed E-state index contributed by atoms with van der Waals surface area (Å²) in [5, 5.41) is 0. The number of ether oxygens (including phenoxy) is 1. The van der Waals surface area contributed by atoms with Gasteiger partial charge in [0, 0.05) is 24.7 Å². The summed E-state index contributed by atoms with van der Waals surface area (Å²) in [7, 11) is 1.58. The van der Waals surface area contributed by atoms with Gasteiger partial charge in [-0.3, -0.25) is 9.59 Å². The molecule has 0 radical (unpaired) electrons. The molecule has 0 aromatic heterocycles. The minimum atomic E-state index is -0.107. The van der Waals surface area contributed by atoms with Crippen LogP contribution in [0.3, 0.4) is 0 Å². The number of hydrogen-bond acceptors (Lipinski definition) is 3. The van der Waals surface area contributed by atoms with Crippen LogP contribution in [-0.2, 0) is 4.79 Å². The van der Waals surface area contributed by atoms with Crippen molar-refractivity contribution in [3.05, 3.63) is 29.8 Å². The van der Waals surface area contributed by atoms with E-state index >= 15 is 0 Å². The van der Waals surface area contributed by atoms with Crippen molar-refractivity contribution in [2.75, 3.05) is 26.7 Å². The third kappa shape index (κ3) is 2.92. The molecule has 2 rings (SSSR count). The van der Waals surface area contributed by atoms with Gasteiger partial charge in [-0.25, -0.2) is 0 Å². The lowest BCUT2D eigenvalue weighted by molar-refractivity contribution is -0.136. The first-order valence-electron chi connectivity index (χ1n) is 6.75. The molecule has 1 aromatic carbocycles. The van der Waals surface area contributed by atoms with Crippen molar-refractivity contribution >= 4 is 11.8 Å². The Labute approximate surface area is 119 Å². The van der Waals surface area contributed by atoms with Gasteiger partial charge >= 0.3 is 0 Å². The third-order valence-electron chi connectivity index (χ3n) is 3.50. The summed E-state index contributed by atoms with van der Waals surface area (Å²) in [4.78, 5) is 27.7. The largest absolute Gasteiger partial charge is 0.497 e. The highest BCUT2D eigenvalue weighted by molar-refractivity contribution is 5.97. The normalized spacial score (nSPS) is 15.7. The SMILES string of the molecule is COc1ccc(C(=O)N2CCN(C(C)C)C(=O)C2)cc1. The van der Waals surface area contributed by atoms with Crippen molar-refractivity contribution in [2.24, 2.45) is 0 Å². The van der Waals surface area contributed by atoms with E-state index in [0.29, 0.717) is 24.4 Å². The van der Waals surface area contributed by atoms with E-state index in [-0.39, 0.29) is 24.4 Å². The molecule has 0 unspecified atom stereocenters. The van der Waals surface area contributed by atoms with Gasteiger partial charge in [0.25, 0.3) is 5.91 Å². The number of piperazine rings is 1. The van der Waals surface area contributed by atoms with E-state index < -0.39 is 0 Å². The smallest absolute Gasteiger partial charge is 0.254 e. The van der Waals surface area contributed by atoms with Gasteiger partial charge in [0.1, 0.15) is 12.3 Å². The van der Waals surface area contributed by atoms with Gasteiger partial charge in [0.15, 0.2) is 0 Å². The molecule has 1 fully saturated rings. The first-order valence-corrected chi connectivity index (χ1v) is 6.75. The molecule has 5 nitrogen and oxygen atoms in total. The predicted octanol–water partition coefficient (Wildman–Crippen LogP) is 1.39. The van der Waals surface area contributed by atoms with Gasteiger partial charge in [-0.15, -0.1) is 0 Å². The number of nitrogens with zero attached hydrogens (tertiary/aromatic N) is 2. The summed E-state index contributed by atoms with van der Waals surface area (Å²) in [6.07, 6.45) is 0. The van der Waals surface area contributed by atoms with Crippen LogP contribution in [0, 0.1) is 0 Å². The number of benzene rings is 1. The van der Waals surface area contributed by atoms with Crippen molar-refractivity contribution in [1.82, 2.24) is 9.80 Å². The van der Waals surface area contributed by atoms with E-state index in [1.165, 1.54) is 0 Å². The molecule has 108 valence electrons. The molecule has 1 aromatic rings. The lowest BCUT2D eigenvalue weighted by Gasteiger charge is -2.36. The molecule has 0 atom stereocenters. The minimum absolute atomic E-state index is 0.00751. The average Bonchev–Trinajstić information content (AvgIpc) is 2.46. The molecule has 0 N–H and O–H groups in total. The predicted molar refractivity (Wildman–Crippen MR) is 75.7 cm³/mol. The van der Waals surface area contributed by atoms with Crippen LogP contribution in [-0.4, -0.2) is 54.4 Å².